The highest BCUT2D eigenvalue weighted by Crippen LogP contribution is 2.26. The van der Waals surface area contributed by atoms with Crippen LogP contribution >= 0.6 is 11.6 Å². The summed E-state index contributed by atoms with van der Waals surface area (Å²) in [5.74, 6) is 0.278. The number of halogens is 1. The molecule has 0 aromatic heterocycles. The summed E-state index contributed by atoms with van der Waals surface area (Å²) in [6.45, 7) is 2.00. The zero-order valence-electron chi connectivity index (χ0n) is 15.0. The van der Waals surface area contributed by atoms with Gasteiger partial charge in [-0.15, -0.1) is 0 Å². The van der Waals surface area contributed by atoms with Crippen molar-refractivity contribution in [3.63, 3.8) is 0 Å². The van der Waals surface area contributed by atoms with Gasteiger partial charge in [0.05, 0.1) is 16.5 Å². The summed E-state index contributed by atoms with van der Waals surface area (Å²) in [5, 5.41) is 0.426. The van der Waals surface area contributed by atoms with Gasteiger partial charge in [0.15, 0.2) is 15.9 Å². The number of para-hydroxylation sites is 1. The molecule has 1 saturated heterocycles. The minimum atomic E-state index is -3.11. The van der Waals surface area contributed by atoms with Crippen molar-refractivity contribution in [2.75, 3.05) is 11.5 Å². The van der Waals surface area contributed by atoms with E-state index < -0.39 is 15.9 Å². The van der Waals surface area contributed by atoms with Gasteiger partial charge in [-0.1, -0.05) is 54.1 Å². The van der Waals surface area contributed by atoms with Crippen molar-refractivity contribution >= 4 is 27.3 Å². The average molecular weight is 408 g/mol. The first kappa shape index (κ1) is 19.7. The Morgan fingerprint density at radius 3 is 2.48 bits per heavy atom. The second kappa shape index (κ2) is 8.31. The first-order valence-corrected chi connectivity index (χ1v) is 11.0. The first-order valence-electron chi connectivity index (χ1n) is 8.82. The van der Waals surface area contributed by atoms with Crippen LogP contribution in [-0.2, 0) is 21.2 Å². The van der Waals surface area contributed by atoms with Gasteiger partial charge in [-0.05, 0) is 31.0 Å². The fourth-order valence-corrected chi connectivity index (χ4v) is 5.11. The molecule has 0 saturated carbocycles. The van der Waals surface area contributed by atoms with E-state index in [0.717, 1.165) is 5.56 Å². The van der Waals surface area contributed by atoms with Crippen LogP contribution in [0.25, 0.3) is 0 Å². The van der Waals surface area contributed by atoms with Crippen LogP contribution in [0.1, 0.15) is 18.9 Å². The number of amides is 1. The largest absolute Gasteiger partial charge is 0.479 e. The Bertz CT molecular complexity index is 901. The molecule has 5 nitrogen and oxygen atoms in total. The Hall–Kier alpha value is -2.05. The van der Waals surface area contributed by atoms with Crippen LogP contribution in [0.15, 0.2) is 54.6 Å². The summed E-state index contributed by atoms with van der Waals surface area (Å²) in [4.78, 5) is 14.8. The Balaban J connectivity index is 1.80. The number of carbonyl (C=O) groups excluding carboxylic acids is 1. The predicted octanol–water partition coefficient (Wildman–Crippen LogP) is 3.32. The van der Waals surface area contributed by atoms with E-state index in [0.29, 0.717) is 23.7 Å². The number of benzene rings is 2. The molecule has 1 fully saturated rings. The highest BCUT2D eigenvalue weighted by Gasteiger charge is 2.36. The van der Waals surface area contributed by atoms with E-state index in [1.54, 1.807) is 36.1 Å². The number of nitrogens with zero attached hydrogens (tertiary/aromatic N) is 1. The van der Waals surface area contributed by atoms with Crippen molar-refractivity contribution in [2.45, 2.75) is 32.0 Å². The third kappa shape index (κ3) is 5.02. The summed E-state index contributed by atoms with van der Waals surface area (Å²) in [5.41, 5.74) is 0.945. The highest BCUT2D eigenvalue weighted by molar-refractivity contribution is 7.91. The van der Waals surface area contributed by atoms with Crippen LogP contribution in [0.5, 0.6) is 5.75 Å². The molecule has 1 amide bonds. The molecule has 7 heteroatoms. The van der Waals surface area contributed by atoms with Gasteiger partial charge >= 0.3 is 0 Å². The molecule has 1 aliphatic heterocycles. The van der Waals surface area contributed by atoms with E-state index >= 15 is 0 Å². The monoisotopic (exact) mass is 407 g/mol. The maximum Gasteiger partial charge on any atom is 0.263 e. The Morgan fingerprint density at radius 2 is 1.85 bits per heavy atom. The van der Waals surface area contributed by atoms with Crippen molar-refractivity contribution in [3.8, 4) is 5.75 Å². The van der Waals surface area contributed by atoms with E-state index in [4.69, 9.17) is 16.3 Å². The molecule has 3 rings (SSSR count). The molecule has 144 valence electrons. The van der Waals surface area contributed by atoms with Crippen LogP contribution in [0, 0.1) is 0 Å². The fourth-order valence-electron chi connectivity index (χ4n) is 3.20. The third-order valence-corrected chi connectivity index (χ3v) is 6.68. The maximum atomic E-state index is 13.1. The van der Waals surface area contributed by atoms with E-state index in [1.807, 2.05) is 30.3 Å². The summed E-state index contributed by atoms with van der Waals surface area (Å²) < 4.78 is 29.6. The lowest BCUT2D eigenvalue weighted by molar-refractivity contribution is -0.140. The van der Waals surface area contributed by atoms with E-state index in [9.17, 15) is 13.2 Å². The van der Waals surface area contributed by atoms with Gasteiger partial charge in [0.25, 0.3) is 5.91 Å². The molecule has 2 aromatic carbocycles. The van der Waals surface area contributed by atoms with E-state index in [-0.39, 0.29) is 23.5 Å². The molecule has 27 heavy (non-hydrogen) atoms. The summed E-state index contributed by atoms with van der Waals surface area (Å²) >= 11 is 6.12. The van der Waals surface area contributed by atoms with Crippen LogP contribution in [0.3, 0.4) is 0 Å². The summed E-state index contributed by atoms with van der Waals surface area (Å²) in [6.07, 6.45) is -0.336. The highest BCUT2D eigenvalue weighted by atomic mass is 35.5. The van der Waals surface area contributed by atoms with Gasteiger partial charge < -0.3 is 9.64 Å². The SMILES string of the molecule is CC(Oc1ccccc1Cl)C(=O)N(Cc1ccccc1)C1CCS(=O)(=O)C1. The minimum Gasteiger partial charge on any atom is -0.479 e. The van der Waals surface area contributed by atoms with Crippen molar-refractivity contribution in [1.82, 2.24) is 4.90 Å². The molecular weight excluding hydrogens is 386 g/mol. The Labute approximate surface area is 164 Å². The molecule has 2 atom stereocenters. The number of sulfone groups is 1. The Morgan fingerprint density at radius 1 is 1.19 bits per heavy atom. The van der Waals surface area contributed by atoms with Gasteiger partial charge in [0.2, 0.25) is 0 Å². The predicted molar refractivity (Wildman–Crippen MR) is 106 cm³/mol. The molecule has 0 N–H and O–H groups in total. The minimum absolute atomic E-state index is 0.00954. The molecule has 0 spiro atoms. The number of hydrogen-bond acceptors (Lipinski definition) is 4. The molecule has 0 bridgehead atoms. The van der Waals surface area contributed by atoms with Crippen molar-refractivity contribution in [3.05, 3.63) is 65.2 Å². The summed E-state index contributed by atoms with van der Waals surface area (Å²) in [7, 11) is -3.11. The zero-order chi connectivity index (χ0) is 19.4. The van der Waals surface area contributed by atoms with Gasteiger partial charge in [0, 0.05) is 12.6 Å². The first-order chi connectivity index (χ1) is 12.9. The second-order valence-electron chi connectivity index (χ2n) is 6.70. The topological polar surface area (TPSA) is 63.7 Å². The smallest absolute Gasteiger partial charge is 0.263 e. The lowest BCUT2D eigenvalue weighted by Crippen LogP contribution is -2.46. The van der Waals surface area contributed by atoms with Gasteiger partial charge in [-0.3, -0.25) is 4.79 Å². The fraction of sp³-hybridized carbons (Fsp3) is 0.350. The quantitative estimate of drug-likeness (QED) is 0.736. The van der Waals surface area contributed by atoms with Crippen LogP contribution < -0.4 is 4.74 Å². The average Bonchev–Trinajstić information content (AvgIpc) is 3.01. The molecule has 2 aromatic rings. The van der Waals surface area contributed by atoms with Crippen LogP contribution in [-0.4, -0.2) is 42.9 Å². The van der Waals surface area contributed by atoms with Crippen molar-refractivity contribution in [1.29, 1.82) is 0 Å². The lowest BCUT2D eigenvalue weighted by Gasteiger charge is -2.31. The number of rotatable bonds is 6. The molecular formula is C20H22ClNO4S. The maximum absolute atomic E-state index is 13.1. The standard InChI is InChI=1S/C20H22ClNO4S/c1-15(26-19-10-6-5-9-18(19)21)20(23)22(13-16-7-3-2-4-8-16)17-11-12-27(24,25)14-17/h2-10,15,17H,11-14H2,1H3. The summed E-state index contributed by atoms with van der Waals surface area (Å²) in [6, 6.07) is 16.1. The van der Waals surface area contributed by atoms with E-state index in [2.05, 4.69) is 0 Å². The molecule has 0 aliphatic carbocycles. The third-order valence-electron chi connectivity index (χ3n) is 4.62. The lowest BCUT2D eigenvalue weighted by atomic mass is 10.1. The number of ether oxygens (including phenoxy) is 1. The Kier molecular flexibility index (Phi) is 6.07. The van der Waals surface area contributed by atoms with Gasteiger partial charge in [-0.25, -0.2) is 8.42 Å². The van der Waals surface area contributed by atoms with Crippen molar-refractivity contribution < 1.29 is 17.9 Å². The van der Waals surface area contributed by atoms with E-state index in [1.165, 1.54) is 0 Å². The van der Waals surface area contributed by atoms with Crippen molar-refractivity contribution in [2.24, 2.45) is 0 Å². The molecule has 1 aliphatic rings. The second-order valence-corrected chi connectivity index (χ2v) is 9.34. The zero-order valence-corrected chi connectivity index (χ0v) is 16.6. The van der Waals surface area contributed by atoms with Crippen LogP contribution in [0.2, 0.25) is 5.02 Å². The molecule has 2 unspecified atom stereocenters. The normalized spacial score (nSPS) is 19.4. The van der Waals surface area contributed by atoms with Gasteiger partial charge in [-0.2, -0.15) is 0 Å². The molecule has 0 radical (unpaired) electrons. The number of hydrogen-bond donors (Lipinski definition) is 0. The van der Waals surface area contributed by atoms with Crippen LogP contribution in [0.4, 0.5) is 0 Å². The number of carbonyl (C=O) groups is 1. The van der Waals surface area contributed by atoms with Gasteiger partial charge in [0.1, 0.15) is 5.75 Å². The molecule has 1 heterocycles.